The van der Waals surface area contributed by atoms with Crippen molar-refractivity contribution in [3.63, 3.8) is 0 Å². The summed E-state index contributed by atoms with van der Waals surface area (Å²) in [4.78, 5) is 12.2. The second-order valence-corrected chi connectivity index (χ2v) is 9.85. The zero-order valence-corrected chi connectivity index (χ0v) is 20.5. The third kappa shape index (κ3) is 5.57. The molecule has 1 atom stereocenters. The topological polar surface area (TPSA) is 125 Å². The molecule has 3 aromatic heterocycles. The summed E-state index contributed by atoms with van der Waals surface area (Å²) in [6.07, 6.45) is 5.98. The lowest BCUT2D eigenvalue weighted by molar-refractivity contribution is 0.277. The quantitative estimate of drug-likeness (QED) is 0.429. The van der Waals surface area contributed by atoms with Gasteiger partial charge in [-0.1, -0.05) is 24.3 Å². The number of ether oxygens (including phenoxy) is 1. The van der Waals surface area contributed by atoms with E-state index in [0.29, 0.717) is 16.8 Å². The Morgan fingerprint density at radius 2 is 2.06 bits per heavy atom. The maximum Gasteiger partial charge on any atom is 0.239 e. The van der Waals surface area contributed by atoms with E-state index in [-0.39, 0.29) is 47.6 Å². The lowest BCUT2D eigenvalue weighted by Gasteiger charge is -2.21. The zero-order chi connectivity index (χ0) is 25.9. The van der Waals surface area contributed by atoms with Gasteiger partial charge in [0.2, 0.25) is 16.0 Å². The fourth-order valence-electron chi connectivity index (χ4n) is 3.33. The molecule has 1 N–H and O–H groups in total. The fourth-order valence-corrected chi connectivity index (χ4v) is 4.40. The summed E-state index contributed by atoms with van der Waals surface area (Å²) in [5, 5.41) is 8.37. The van der Waals surface area contributed by atoms with E-state index in [4.69, 9.17) is 16.3 Å². The maximum atomic E-state index is 14.9. The van der Waals surface area contributed by atoms with E-state index in [9.17, 15) is 17.2 Å². The Morgan fingerprint density at radius 3 is 2.78 bits per heavy atom. The van der Waals surface area contributed by atoms with E-state index in [1.165, 1.54) is 30.1 Å². The average Bonchev–Trinajstić information content (AvgIpc) is 3.17. The Bertz CT molecular complexity index is 1460. The van der Waals surface area contributed by atoms with Crippen molar-refractivity contribution in [3.05, 3.63) is 77.5 Å². The van der Waals surface area contributed by atoms with Crippen molar-refractivity contribution in [1.82, 2.24) is 29.7 Å². The molecular weight excluding hydrogens is 516 g/mol. The van der Waals surface area contributed by atoms with Gasteiger partial charge in [-0.15, -0.1) is 10.2 Å². The first-order valence-electron chi connectivity index (χ1n) is 10.6. The van der Waals surface area contributed by atoms with Crippen molar-refractivity contribution in [2.24, 2.45) is 0 Å². The largest absolute Gasteiger partial charge is 0.489 e. The summed E-state index contributed by atoms with van der Waals surface area (Å²) in [5.41, 5.74) is 0.0974. The highest BCUT2D eigenvalue weighted by molar-refractivity contribution is 7.92. The third-order valence-corrected chi connectivity index (χ3v) is 6.58. The molecule has 0 saturated carbocycles. The van der Waals surface area contributed by atoms with Gasteiger partial charge in [0.15, 0.2) is 5.82 Å². The van der Waals surface area contributed by atoms with Crippen LogP contribution in [0.15, 0.2) is 66.7 Å². The molecular formula is C22H20ClF2N7O3S. The van der Waals surface area contributed by atoms with Gasteiger partial charge in [0, 0.05) is 36.7 Å². The molecule has 3 aromatic rings. The highest BCUT2D eigenvalue weighted by Gasteiger charge is 2.32. The summed E-state index contributed by atoms with van der Waals surface area (Å²) in [6.45, 7) is 4.99. The van der Waals surface area contributed by atoms with Crippen molar-refractivity contribution >= 4 is 27.6 Å². The van der Waals surface area contributed by atoms with E-state index in [2.05, 4.69) is 36.5 Å². The molecule has 0 spiro atoms. The molecule has 0 amide bonds. The SMILES string of the molecule is C=C(/C(F)=C\C(F)=C/C)[C@@H]1COc2cccnc2-c2nnc(NS(=O)(=O)CCc3ncc(Cl)cn3)n21. The lowest BCUT2D eigenvalue weighted by Crippen LogP contribution is -2.25. The lowest BCUT2D eigenvalue weighted by atomic mass is 10.1. The molecule has 0 fully saturated rings. The van der Waals surface area contributed by atoms with Gasteiger partial charge in [-0.3, -0.25) is 9.29 Å². The molecule has 4 rings (SSSR count). The summed E-state index contributed by atoms with van der Waals surface area (Å²) in [7, 11) is -3.98. The molecule has 0 unspecified atom stereocenters. The molecule has 0 saturated heterocycles. The minimum Gasteiger partial charge on any atom is -0.489 e. The van der Waals surface area contributed by atoms with Crippen LogP contribution in [0.4, 0.5) is 14.7 Å². The predicted octanol–water partition coefficient (Wildman–Crippen LogP) is 3.98. The number of anilines is 1. The Morgan fingerprint density at radius 1 is 1.31 bits per heavy atom. The number of rotatable bonds is 8. The second-order valence-electron chi connectivity index (χ2n) is 7.57. The van der Waals surface area contributed by atoms with Gasteiger partial charge < -0.3 is 4.74 Å². The molecule has 36 heavy (non-hydrogen) atoms. The molecule has 0 aliphatic carbocycles. The summed E-state index contributed by atoms with van der Waals surface area (Å²) in [5.74, 6) is -1.62. The van der Waals surface area contributed by atoms with E-state index in [0.717, 1.165) is 6.08 Å². The van der Waals surface area contributed by atoms with E-state index < -0.39 is 27.7 Å². The number of pyridine rings is 1. The van der Waals surface area contributed by atoms with Crippen LogP contribution in [-0.4, -0.2) is 50.5 Å². The fraction of sp³-hybridized carbons (Fsp3) is 0.227. The van der Waals surface area contributed by atoms with Crippen LogP contribution in [0.3, 0.4) is 0 Å². The summed E-state index contributed by atoms with van der Waals surface area (Å²) >= 11 is 5.76. The molecule has 0 aromatic carbocycles. The number of nitrogens with zero attached hydrogens (tertiary/aromatic N) is 6. The number of nitrogens with one attached hydrogen (secondary N) is 1. The van der Waals surface area contributed by atoms with Gasteiger partial charge in [-0.25, -0.2) is 32.2 Å². The Balaban J connectivity index is 1.69. The first-order chi connectivity index (χ1) is 17.2. The maximum absolute atomic E-state index is 14.9. The monoisotopic (exact) mass is 535 g/mol. The van der Waals surface area contributed by atoms with Crippen molar-refractivity contribution in [1.29, 1.82) is 0 Å². The van der Waals surface area contributed by atoms with E-state index in [1.807, 2.05) is 0 Å². The molecule has 0 radical (unpaired) electrons. The average molecular weight is 536 g/mol. The highest BCUT2D eigenvalue weighted by atomic mass is 35.5. The van der Waals surface area contributed by atoms with Gasteiger partial charge in [-0.2, -0.15) is 0 Å². The van der Waals surface area contributed by atoms with Crippen LogP contribution < -0.4 is 9.46 Å². The number of hydrogen-bond donors (Lipinski definition) is 1. The Hall–Kier alpha value is -3.71. The normalized spacial score (nSPS) is 15.9. The van der Waals surface area contributed by atoms with Crippen LogP contribution in [-0.2, 0) is 16.4 Å². The number of sulfonamides is 1. The van der Waals surface area contributed by atoms with Crippen molar-refractivity contribution in [2.75, 3.05) is 17.1 Å². The molecule has 10 nitrogen and oxygen atoms in total. The van der Waals surface area contributed by atoms with Gasteiger partial charge in [0.25, 0.3) is 0 Å². The summed E-state index contributed by atoms with van der Waals surface area (Å²) < 4.78 is 63.8. The van der Waals surface area contributed by atoms with Crippen LogP contribution in [0.25, 0.3) is 11.5 Å². The van der Waals surface area contributed by atoms with E-state index >= 15 is 0 Å². The van der Waals surface area contributed by atoms with Crippen LogP contribution >= 0.6 is 11.6 Å². The number of hydrogen-bond acceptors (Lipinski definition) is 8. The molecule has 1 aliphatic rings. The standard InChI is InChI=1S/C22H20ClF2N7O3S/c1-3-15(24)9-16(25)13(2)17-12-35-18-5-4-7-26-20(18)21-29-30-22(32(17)21)31-36(33,34)8-6-19-27-10-14(23)11-28-19/h3-5,7,9-11,17H,2,6,8,12H2,1H3,(H,30,31)/b15-3+,16-9+/t17-/m0/s1. The molecule has 0 bridgehead atoms. The van der Waals surface area contributed by atoms with Gasteiger partial charge in [0.05, 0.1) is 16.8 Å². The molecule has 1 aliphatic heterocycles. The highest BCUT2D eigenvalue weighted by Crippen LogP contribution is 2.38. The first-order valence-corrected chi connectivity index (χ1v) is 12.6. The van der Waals surface area contributed by atoms with Gasteiger partial charge in [-0.05, 0) is 19.1 Å². The second kappa shape index (κ2) is 10.5. The van der Waals surface area contributed by atoms with Crippen LogP contribution in [0.5, 0.6) is 5.75 Å². The first kappa shape index (κ1) is 25.4. The van der Waals surface area contributed by atoms with Crippen molar-refractivity contribution in [3.8, 4) is 17.3 Å². The van der Waals surface area contributed by atoms with Crippen LogP contribution in [0, 0.1) is 0 Å². The third-order valence-electron chi connectivity index (χ3n) is 5.15. The number of allylic oxidation sites excluding steroid dienone is 4. The van der Waals surface area contributed by atoms with Crippen LogP contribution in [0.2, 0.25) is 5.02 Å². The molecule has 188 valence electrons. The minimum absolute atomic E-state index is 0.00285. The predicted molar refractivity (Wildman–Crippen MR) is 129 cm³/mol. The van der Waals surface area contributed by atoms with Gasteiger partial charge in [0.1, 0.15) is 35.5 Å². The summed E-state index contributed by atoms with van der Waals surface area (Å²) in [6, 6.07) is 2.25. The smallest absolute Gasteiger partial charge is 0.239 e. The number of aromatic nitrogens is 6. The van der Waals surface area contributed by atoms with Gasteiger partial charge >= 0.3 is 0 Å². The number of fused-ring (bicyclic) bond motifs is 3. The van der Waals surface area contributed by atoms with Crippen molar-refractivity contribution < 1.29 is 21.9 Å². The number of halogens is 3. The number of aryl methyl sites for hydroxylation is 1. The molecule has 4 heterocycles. The Labute approximate surface area is 210 Å². The molecule has 14 heteroatoms. The van der Waals surface area contributed by atoms with Crippen LogP contribution in [0.1, 0.15) is 18.8 Å². The minimum atomic E-state index is -3.98. The zero-order valence-electron chi connectivity index (χ0n) is 18.9. The Kier molecular flexibility index (Phi) is 7.40. The van der Waals surface area contributed by atoms with E-state index in [1.54, 1.807) is 12.1 Å². The van der Waals surface area contributed by atoms with Crippen molar-refractivity contribution in [2.45, 2.75) is 19.4 Å².